The van der Waals surface area contributed by atoms with Gasteiger partial charge in [-0.25, -0.2) is 0 Å². The van der Waals surface area contributed by atoms with Crippen LogP contribution in [-0.2, 0) is 9.59 Å². The van der Waals surface area contributed by atoms with Crippen LogP contribution in [0.4, 0.5) is 0 Å². The van der Waals surface area contributed by atoms with Crippen molar-refractivity contribution in [3.8, 4) is 0 Å². The Morgan fingerprint density at radius 1 is 1.50 bits per heavy atom. The quantitative estimate of drug-likeness (QED) is 0.592. The maximum absolute atomic E-state index is 12.0. The molecule has 0 saturated carbocycles. The van der Waals surface area contributed by atoms with E-state index in [1.54, 1.807) is 0 Å². The first-order valence-corrected chi connectivity index (χ1v) is 5.92. The van der Waals surface area contributed by atoms with Gasteiger partial charge in [0.15, 0.2) is 0 Å². The van der Waals surface area contributed by atoms with Crippen molar-refractivity contribution in [2.75, 3.05) is 13.1 Å². The van der Waals surface area contributed by atoms with Gasteiger partial charge in [-0.05, 0) is 25.8 Å². The molecule has 0 radical (unpaired) electrons. The number of nitrogens with two attached hydrogens (primary N) is 1. The molecule has 2 amide bonds. The highest BCUT2D eigenvalue weighted by Gasteiger charge is 2.39. The number of hydrogen-bond donors (Lipinski definition) is 3. The van der Waals surface area contributed by atoms with Crippen LogP contribution in [0.3, 0.4) is 0 Å². The number of nitrogens with one attached hydrogen (secondary N) is 2. The summed E-state index contributed by atoms with van der Waals surface area (Å²) in [6.45, 7) is 3.29. The van der Waals surface area contributed by atoms with Gasteiger partial charge in [0.2, 0.25) is 11.8 Å². The van der Waals surface area contributed by atoms with Gasteiger partial charge >= 0.3 is 0 Å². The molecule has 1 unspecified atom stereocenters. The molecular formula is C11H21N3O2. The number of carbonyl (C=O) groups is 2. The summed E-state index contributed by atoms with van der Waals surface area (Å²) >= 11 is 0. The fourth-order valence-electron chi connectivity index (χ4n) is 2.22. The second kappa shape index (κ2) is 5.84. The molecule has 0 aromatic heterocycles. The number of rotatable bonds is 6. The Labute approximate surface area is 96.1 Å². The molecule has 0 bridgehead atoms. The molecular weight excluding hydrogens is 206 g/mol. The van der Waals surface area contributed by atoms with E-state index in [4.69, 9.17) is 5.73 Å². The van der Waals surface area contributed by atoms with Gasteiger partial charge in [-0.1, -0.05) is 13.3 Å². The third kappa shape index (κ3) is 3.20. The monoisotopic (exact) mass is 227 g/mol. The van der Waals surface area contributed by atoms with Gasteiger partial charge < -0.3 is 16.4 Å². The van der Waals surface area contributed by atoms with E-state index in [-0.39, 0.29) is 18.2 Å². The molecule has 4 N–H and O–H groups in total. The van der Waals surface area contributed by atoms with Crippen molar-refractivity contribution in [2.45, 2.75) is 44.6 Å². The molecule has 0 aromatic rings. The van der Waals surface area contributed by atoms with Gasteiger partial charge in [-0.2, -0.15) is 0 Å². The van der Waals surface area contributed by atoms with Crippen LogP contribution in [-0.4, -0.2) is 30.4 Å². The SMILES string of the molecule is CCCC1(C(=O)NCCC(N)=O)CCCN1. The summed E-state index contributed by atoms with van der Waals surface area (Å²) in [5.41, 5.74) is 4.61. The van der Waals surface area contributed by atoms with Crippen LogP contribution in [0.2, 0.25) is 0 Å². The second-order valence-corrected chi connectivity index (χ2v) is 4.33. The van der Waals surface area contributed by atoms with E-state index in [0.29, 0.717) is 6.54 Å². The molecule has 0 spiro atoms. The lowest BCUT2D eigenvalue weighted by Crippen LogP contribution is -2.53. The maximum atomic E-state index is 12.0. The summed E-state index contributed by atoms with van der Waals surface area (Å²) in [5, 5.41) is 6.06. The Kier molecular flexibility index (Phi) is 4.73. The molecule has 1 heterocycles. The van der Waals surface area contributed by atoms with Crippen molar-refractivity contribution in [1.29, 1.82) is 0 Å². The molecule has 1 rings (SSSR count). The van der Waals surface area contributed by atoms with Crippen LogP contribution in [0.1, 0.15) is 39.0 Å². The molecule has 5 nitrogen and oxygen atoms in total. The molecule has 1 saturated heterocycles. The van der Waals surface area contributed by atoms with E-state index in [2.05, 4.69) is 17.6 Å². The molecule has 1 aliphatic rings. The topological polar surface area (TPSA) is 84.2 Å². The van der Waals surface area contributed by atoms with Gasteiger partial charge in [-0.3, -0.25) is 9.59 Å². The number of primary amides is 1. The summed E-state index contributed by atoms with van der Waals surface area (Å²) in [5.74, 6) is -0.377. The standard InChI is InChI=1S/C11H21N3O2/c1-2-5-11(6-3-7-14-11)10(16)13-8-4-9(12)15/h14H,2-8H2,1H3,(H2,12,15)(H,13,16). The molecule has 5 heteroatoms. The van der Waals surface area contributed by atoms with Crippen LogP contribution in [0.25, 0.3) is 0 Å². The van der Waals surface area contributed by atoms with E-state index in [9.17, 15) is 9.59 Å². The van der Waals surface area contributed by atoms with Crippen molar-refractivity contribution >= 4 is 11.8 Å². The normalized spacial score (nSPS) is 24.3. The van der Waals surface area contributed by atoms with Crippen LogP contribution >= 0.6 is 0 Å². The number of carbonyl (C=O) groups excluding carboxylic acids is 2. The first-order chi connectivity index (χ1) is 7.60. The minimum Gasteiger partial charge on any atom is -0.370 e. The Balaban J connectivity index is 2.45. The zero-order valence-electron chi connectivity index (χ0n) is 9.84. The maximum Gasteiger partial charge on any atom is 0.240 e. The lowest BCUT2D eigenvalue weighted by atomic mass is 9.91. The van der Waals surface area contributed by atoms with E-state index >= 15 is 0 Å². The summed E-state index contributed by atoms with van der Waals surface area (Å²) in [6, 6.07) is 0. The Bertz CT molecular complexity index is 260. The van der Waals surface area contributed by atoms with Crippen LogP contribution in [0, 0.1) is 0 Å². The highest BCUT2D eigenvalue weighted by molar-refractivity contribution is 5.87. The third-order valence-corrected chi connectivity index (χ3v) is 3.01. The highest BCUT2D eigenvalue weighted by atomic mass is 16.2. The minimum absolute atomic E-state index is 0.00750. The molecule has 1 fully saturated rings. The van der Waals surface area contributed by atoms with Crippen molar-refractivity contribution in [1.82, 2.24) is 10.6 Å². The lowest BCUT2D eigenvalue weighted by Gasteiger charge is -2.27. The zero-order valence-corrected chi connectivity index (χ0v) is 9.84. The number of amides is 2. The van der Waals surface area contributed by atoms with Crippen LogP contribution < -0.4 is 16.4 Å². The van der Waals surface area contributed by atoms with E-state index in [0.717, 1.165) is 32.2 Å². The molecule has 1 atom stereocenters. The lowest BCUT2D eigenvalue weighted by molar-refractivity contribution is -0.127. The van der Waals surface area contributed by atoms with Gasteiger partial charge in [0.25, 0.3) is 0 Å². The highest BCUT2D eigenvalue weighted by Crippen LogP contribution is 2.24. The molecule has 1 aliphatic heterocycles. The van der Waals surface area contributed by atoms with Crippen molar-refractivity contribution in [3.63, 3.8) is 0 Å². The predicted octanol–water partition coefficient (Wildman–Crippen LogP) is -0.0997. The van der Waals surface area contributed by atoms with E-state index in [1.165, 1.54) is 0 Å². The third-order valence-electron chi connectivity index (χ3n) is 3.01. The largest absolute Gasteiger partial charge is 0.370 e. The fourth-order valence-corrected chi connectivity index (χ4v) is 2.22. The summed E-state index contributed by atoms with van der Waals surface area (Å²) in [7, 11) is 0. The average molecular weight is 227 g/mol. The first kappa shape index (κ1) is 13.0. The molecule has 16 heavy (non-hydrogen) atoms. The molecule has 92 valence electrons. The summed E-state index contributed by atoms with van der Waals surface area (Å²) in [6.07, 6.45) is 3.92. The fraction of sp³-hybridized carbons (Fsp3) is 0.818. The van der Waals surface area contributed by atoms with Crippen molar-refractivity contribution < 1.29 is 9.59 Å². The van der Waals surface area contributed by atoms with Crippen LogP contribution in [0.5, 0.6) is 0 Å². The smallest absolute Gasteiger partial charge is 0.240 e. The predicted molar refractivity (Wildman–Crippen MR) is 61.7 cm³/mol. The molecule has 0 aliphatic carbocycles. The molecule has 0 aromatic carbocycles. The van der Waals surface area contributed by atoms with Gasteiger partial charge in [0.05, 0.1) is 5.54 Å². The number of hydrogen-bond acceptors (Lipinski definition) is 3. The Hall–Kier alpha value is -1.10. The zero-order chi connectivity index (χ0) is 12.0. The minimum atomic E-state index is -0.410. The van der Waals surface area contributed by atoms with Gasteiger partial charge in [0, 0.05) is 13.0 Å². The van der Waals surface area contributed by atoms with Gasteiger partial charge in [-0.15, -0.1) is 0 Å². The first-order valence-electron chi connectivity index (χ1n) is 5.92. The summed E-state index contributed by atoms with van der Waals surface area (Å²) in [4.78, 5) is 22.6. The van der Waals surface area contributed by atoms with Gasteiger partial charge in [0.1, 0.15) is 0 Å². The Morgan fingerprint density at radius 3 is 2.75 bits per heavy atom. The average Bonchev–Trinajstić information content (AvgIpc) is 2.67. The summed E-state index contributed by atoms with van der Waals surface area (Å²) < 4.78 is 0. The van der Waals surface area contributed by atoms with Crippen LogP contribution in [0.15, 0.2) is 0 Å². The van der Waals surface area contributed by atoms with Crippen molar-refractivity contribution in [2.24, 2.45) is 5.73 Å². The second-order valence-electron chi connectivity index (χ2n) is 4.33. The van der Waals surface area contributed by atoms with E-state index in [1.807, 2.05) is 0 Å². The van der Waals surface area contributed by atoms with E-state index < -0.39 is 5.54 Å². The Morgan fingerprint density at radius 2 is 2.25 bits per heavy atom. The van der Waals surface area contributed by atoms with Crippen molar-refractivity contribution in [3.05, 3.63) is 0 Å².